The minimum atomic E-state index is -1.59. The van der Waals surface area contributed by atoms with E-state index in [1.807, 2.05) is 13.8 Å². The molecule has 36 heavy (non-hydrogen) atoms. The van der Waals surface area contributed by atoms with E-state index < -0.39 is 59.9 Å². The Hall–Kier alpha value is -2.84. The normalized spacial score (nSPS) is 24.9. The number of aliphatic hydroxyl groups excluding tert-OH is 2. The summed E-state index contributed by atoms with van der Waals surface area (Å²) < 4.78 is 59.2. The Balaban J connectivity index is 1.64. The average Bonchev–Trinajstić information content (AvgIpc) is 3.53. The number of halogens is 3. The molecule has 1 fully saturated rings. The summed E-state index contributed by atoms with van der Waals surface area (Å²) in [5, 5.41) is 32.8. The molecule has 4 rings (SSSR count). The van der Waals surface area contributed by atoms with Gasteiger partial charge < -0.3 is 29.9 Å². The van der Waals surface area contributed by atoms with Gasteiger partial charge in [0.2, 0.25) is 0 Å². The molecule has 196 valence electrons. The van der Waals surface area contributed by atoms with E-state index in [0.717, 1.165) is 12.1 Å². The summed E-state index contributed by atoms with van der Waals surface area (Å²) >= 11 is 0. The van der Waals surface area contributed by atoms with Crippen LogP contribution in [-0.4, -0.2) is 75.0 Å². The van der Waals surface area contributed by atoms with E-state index in [2.05, 4.69) is 15.5 Å². The first-order chi connectivity index (χ1) is 17.1. The van der Waals surface area contributed by atoms with Crippen LogP contribution in [0.3, 0.4) is 0 Å². The van der Waals surface area contributed by atoms with Gasteiger partial charge in [0.05, 0.1) is 24.6 Å². The minimum absolute atomic E-state index is 0.0415. The molecule has 5 atom stereocenters. The predicted molar refractivity (Wildman–Crippen MR) is 119 cm³/mol. The number of hydrogen-bond donors (Lipinski definition) is 3. The van der Waals surface area contributed by atoms with Crippen molar-refractivity contribution in [3.63, 3.8) is 0 Å². The molecule has 0 spiro atoms. The second kappa shape index (κ2) is 10.3. The smallest absolute Gasteiger partial charge is 0.194 e. The highest BCUT2D eigenvalue weighted by Crippen LogP contribution is 2.34. The van der Waals surface area contributed by atoms with E-state index in [0.29, 0.717) is 18.0 Å². The Morgan fingerprint density at radius 1 is 1.17 bits per heavy atom. The van der Waals surface area contributed by atoms with Crippen LogP contribution in [0.5, 0.6) is 0 Å². The van der Waals surface area contributed by atoms with Crippen LogP contribution in [0.4, 0.5) is 13.2 Å². The molecule has 3 heterocycles. The summed E-state index contributed by atoms with van der Waals surface area (Å²) in [5.74, 6) is -3.85. The zero-order chi connectivity index (χ0) is 26.2. The van der Waals surface area contributed by atoms with Crippen molar-refractivity contribution in [2.24, 2.45) is 5.73 Å². The molecule has 13 heteroatoms. The number of benzene rings is 1. The topological polar surface area (TPSA) is 142 Å². The van der Waals surface area contributed by atoms with Crippen LogP contribution in [-0.2, 0) is 21.3 Å². The van der Waals surface area contributed by atoms with Crippen molar-refractivity contribution in [2.45, 2.75) is 56.1 Å². The summed E-state index contributed by atoms with van der Waals surface area (Å²) in [7, 11) is 1.42. The van der Waals surface area contributed by atoms with Gasteiger partial charge in [0.15, 0.2) is 17.5 Å². The maximum Gasteiger partial charge on any atom is 0.194 e. The Bertz CT molecular complexity index is 1180. The molecular weight excluding hydrogens is 483 g/mol. The second-order valence-corrected chi connectivity index (χ2v) is 9.39. The fourth-order valence-corrected chi connectivity index (χ4v) is 4.22. The standard InChI is InChI=1S/C23H28F3N5O5/c1-23(2,10-27)18-7-12(36-29-18)6-16-22(34-3)20(21(33)17(9-32)35-16)31-8-15(28-30-31)11-4-13(24)19(26)14(25)5-11/h4-5,7-8,16-17,20-22,32-33H,6,9-10,27H2,1-3H3/t16-,17-,20+,21+,22+/m1/s1. The molecular formula is C23H28F3N5O5. The minimum Gasteiger partial charge on any atom is -0.394 e. The molecule has 1 aliphatic rings. The summed E-state index contributed by atoms with van der Waals surface area (Å²) in [6, 6.07) is 2.46. The Labute approximate surface area is 204 Å². The number of rotatable bonds is 8. The number of methoxy groups -OCH3 is 1. The van der Waals surface area contributed by atoms with Gasteiger partial charge in [-0.25, -0.2) is 17.9 Å². The predicted octanol–water partition coefficient (Wildman–Crippen LogP) is 1.51. The van der Waals surface area contributed by atoms with E-state index in [4.69, 9.17) is 19.7 Å². The third-order valence-electron chi connectivity index (χ3n) is 6.50. The Morgan fingerprint density at radius 3 is 2.47 bits per heavy atom. The van der Waals surface area contributed by atoms with Crippen LogP contribution in [0.2, 0.25) is 0 Å². The van der Waals surface area contributed by atoms with E-state index in [1.165, 1.54) is 18.0 Å². The fraction of sp³-hybridized carbons (Fsp3) is 0.522. The van der Waals surface area contributed by atoms with E-state index in [-0.39, 0.29) is 17.7 Å². The molecule has 2 aromatic heterocycles. The van der Waals surface area contributed by atoms with Gasteiger partial charge in [-0.3, -0.25) is 0 Å². The third-order valence-corrected chi connectivity index (χ3v) is 6.50. The van der Waals surface area contributed by atoms with Gasteiger partial charge in [0, 0.05) is 37.1 Å². The number of nitrogens with zero attached hydrogens (tertiary/aromatic N) is 4. The number of ether oxygens (including phenoxy) is 2. The number of hydrogen-bond acceptors (Lipinski definition) is 9. The molecule has 0 bridgehead atoms. The van der Waals surface area contributed by atoms with E-state index in [9.17, 15) is 23.4 Å². The summed E-state index contributed by atoms with van der Waals surface area (Å²) in [5.41, 5.74) is 6.08. The van der Waals surface area contributed by atoms with Crippen LogP contribution in [0.15, 0.2) is 28.9 Å². The summed E-state index contributed by atoms with van der Waals surface area (Å²) in [6.45, 7) is 3.72. The maximum absolute atomic E-state index is 13.7. The highest BCUT2D eigenvalue weighted by Gasteiger charge is 2.47. The van der Waals surface area contributed by atoms with Crippen LogP contribution in [0.1, 0.15) is 31.3 Å². The lowest BCUT2D eigenvalue weighted by molar-refractivity contribution is -0.212. The Morgan fingerprint density at radius 2 is 1.86 bits per heavy atom. The fourth-order valence-electron chi connectivity index (χ4n) is 4.22. The highest BCUT2D eigenvalue weighted by molar-refractivity contribution is 5.57. The molecule has 1 aromatic carbocycles. The van der Waals surface area contributed by atoms with Crippen molar-refractivity contribution >= 4 is 0 Å². The monoisotopic (exact) mass is 511 g/mol. The van der Waals surface area contributed by atoms with E-state index >= 15 is 0 Å². The van der Waals surface area contributed by atoms with Crippen LogP contribution < -0.4 is 5.73 Å². The molecule has 1 aliphatic heterocycles. The largest absolute Gasteiger partial charge is 0.394 e. The van der Waals surface area contributed by atoms with Gasteiger partial charge in [-0.1, -0.05) is 24.2 Å². The zero-order valence-electron chi connectivity index (χ0n) is 19.9. The van der Waals surface area contributed by atoms with Crippen molar-refractivity contribution in [1.29, 1.82) is 0 Å². The van der Waals surface area contributed by atoms with Crippen molar-refractivity contribution in [3.8, 4) is 11.3 Å². The molecule has 4 N–H and O–H groups in total. The quantitative estimate of drug-likeness (QED) is 0.384. The molecule has 0 unspecified atom stereocenters. The lowest BCUT2D eigenvalue weighted by atomic mass is 9.88. The molecule has 1 saturated heterocycles. The van der Waals surface area contributed by atoms with E-state index in [1.54, 1.807) is 6.07 Å². The van der Waals surface area contributed by atoms with Gasteiger partial charge in [0.1, 0.15) is 35.8 Å². The maximum atomic E-state index is 13.7. The zero-order valence-corrected chi connectivity index (χ0v) is 19.9. The van der Waals surface area contributed by atoms with Gasteiger partial charge >= 0.3 is 0 Å². The van der Waals surface area contributed by atoms with Crippen molar-refractivity contribution in [3.05, 3.63) is 53.3 Å². The first kappa shape index (κ1) is 26.2. The van der Waals surface area contributed by atoms with Crippen LogP contribution >= 0.6 is 0 Å². The number of aromatic nitrogens is 4. The second-order valence-electron chi connectivity index (χ2n) is 9.39. The SMILES string of the molecule is CO[C@@H]1[C@@H](n2cc(-c3cc(F)c(F)c(F)c3)nn2)[C@@H](O)[C@@H](CO)O[C@@H]1Cc1cc(C(C)(C)CN)no1. The summed E-state index contributed by atoms with van der Waals surface area (Å²) in [4.78, 5) is 0. The van der Waals surface area contributed by atoms with Crippen molar-refractivity contribution in [1.82, 2.24) is 20.2 Å². The highest BCUT2D eigenvalue weighted by atomic mass is 19.2. The van der Waals surface area contributed by atoms with Gasteiger partial charge in [-0.2, -0.15) is 0 Å². The van der Waals surface area contributed by atoms with Crippen LogP contribution in [0, 0.1) is 17.5 Å². The number of aliphatic hydroxyl groups is 2. The van der Waals surface area contributed by atoms with Gasteiger partial charge in [-0.05, 0) is 12.1 Å². The molecule has 0 saturated carbocycles. The average molecular weight is 512 g/mol. The van der Waals surface area contributed by atoms with Crippen molar-refractivity contribution in [2.75, 3.05) is 20.3 Å². The lowest BCUT2D eigenvalue weighted by Gasteiger charge is -2.43. The Kier molecular flexibility index (Phi) is 7.48. The summed E-state index contributed by atoms with van der Waals surface area (Å²) in [6.07, 6.45) is -2.22. The molecule has 10 nitrogen and oxygen atoms in total. The third kappa shape index (κ3) is 4.89. The molecule has 0 aliphatic carbocycles. The molecule has 0 radical (unpaired) electrons. The van der Waals surface area contributed by atoms with Gasteiger partial charge in [-0.15, -0.1) is 5.10 Å². The van der Waals surface area contributed by atoms with Crippen molar-refractivity contribution < 1.29 is 37.4 Å². The van der Waals surface area contributed by atoms with Crippen LogP contribution in [0.25, 0.3) is 11.3 Å². The van der Waals surface area contributed by atoms with Gasteiger partial charge in [0.25, 0.3) is 0 Å². The molecule has 3 aromatic rings. The molecule has 0 amide bonds. The number of nitrogens with two attached hydrogens (primary N) is 1. The first-order valence-electron chi connectivity index (χ1n) is 11.3. The first-order valence-corrected chi connectivity index (χ1v) is 11.3. The lowest BCUT2D eigenvalue weighted by Crippen LogP contribution is -2.57.